The normalized spacial score (nSPS) is 17.3. The van der Waals surface area contributed by atoms with Crippen molar-refractivity contribution in [2.75, 3.05) is 32.7 Å². The van der Waals surface area contributed by atoms with Gasteiger partial charge in [0.2, 0.25) is 18.2 Å². The number of nitrogens with one attached hydrogen (secondary N) is 2. The molecule has 0 aromatic rings. The van der Waals surface area contributed by atoms with E-state index in [4.69, 9.17) is 0 Å². The number of unbranched alkanes of at least 4 members (excludes halogenated alkanes) is 1. The SMILES string of the molecule is CCCCC(CN(O)C=O)C(=O)N[C@H](C(=O)N1CCNCC1)C(C)(C)C. The van der Waals surface area contributed by atoms with Gasteiger partial charge in [-0.2, -0.15) is 0 Å². The molecule has 3 amide bonds. The van der Waals surface area contributed by atoms with Crippen molar-refractivity contribution in [3.63, 3.8) is 0 Å². The van der Waals surface area contributed by atoms with Crippen LogP contribution in [0.15, 0.2) is 0 Å². The van der Waals surface area contributed by atoms with Crippen molar-refractivity contribution in [3.8, 4) is 0 Å². The molecule has 1 aliphatic rings. The van der Waals surface area contributed by atoms with E-state index in [1.54, 1.807) is 4.90 Å². The minimum absolute atomic E-state index is 0.0754. The van der Waals surface area contributed by atoms with Crippen molar-refractivity contribution < 1.29 is 19.6 Å². The zero-order valence-electron chi connectivity index (χ0n) is 16.5. The number of hydrogen-bond acceptors (Lipinski definition) is 5. The van der Waals surface area contributed by atoms with Crippen LogP contribution in [0, 0.1) is 11.3 Å². The number of hydrogen-bond donors (Lipinski definition) is 3. The van der Waals surface area contributed by atoms with Gasteiger partial charge < -0.3 is 15.5 Å². The largest absolute Gasteiger partial charge is 0.344 e. The molecule has 0 bridgehead atoms. The van der Waals surface area contributed by atoms with E-state index < -0.39 is 17.4 Å². The fourth-order valence-electron chi connectivity index (χ4n) is 3.00. The lowest BCUT2D eigenvalue weighted by Gasteiger charge is -2.37. The maximum Gasteiger partial charge on any atom is 0.245 e. The van der Waals surface area contributed by atoms with E-state index in [0.29, 0.717) is 31.0 Å². The van der Waals surface area contributed by atoms with E-state index in [9.17, 15) is 19.6 Å². The molecule has 8 nitrogen and oxygen atoms in total. The molecule has 1 rings (SSSR count). The Morgan fingerprint density at radius 3 is 2.42 bits per heavy atom. The van der Waals surface area contributed by atoms with Crippen molar-refractivity contribution in [1.82, 2.24) is 20.6 Å². The zero-order valence-corrected chi connectivity index (χ0v) is 16.5. The summed E-state index contributed by atoms with van der Waals surface area (Å²) < 4.78 is 0. The van der Waals surface area contributed by atoms with Crippen LogP contribution in [-0.2, 0) is 14.4 Å². The fourth-order valence-corrected chi connectivity index (χ4v) is 3.00. The molecule has 1 unspecified atom stereocenters. The Kier molecular flexibility index (Phi) is 9.01. The lowest BCUT2D eigenvalue weighted by molar-refractivity contribution is -0.155. The van der Waals surface area contributed by atoms with Crippen LogP contribution in [0.25, 0.3) is 0 Å². The summed E-state index contributed by atoms with van der Waals surface area (Å²) in [4.78, 5) is 38.2. The first-order valence-electron chi connectivity index (χ1n) is 9.41. The van der Waals surface area contributed by atoms with Gasteiger partial charge in [0.1, 0.15) is 6.04 Å². The molecule has 8 heteroatoms. The first kappa shape index (κ1) is 22.4. The first-order chi connectivity index (χ1) is 12.2. The predicted octanol–water partition coefficient (Wildman–Crippen LogP) is 0.603. The van der Waals surface area contributed by atoms with Crippen LogP contribution in [0.1, 0.15) is 47.0 Å². The molecule has 1 fully saturated rings. The highest BCUT2D eigenvalue weighted by atomic mass is 16.5. The first-order valence-corrected chi connectivity index (χ1v) is 9.41. The number of nitrogens with zero attached hydrogens (tertiary/aromatic N) is 2. The Morgan fingerprint density at radius 1 is 1.31 bits per heavy atom. The highest BCUT2D eigenvalue weighted by Gasteiger charge is 2.37. The number of piperazine rings is 1. The standard InChI is InChI=1S/C18H34N4O4/c1-5-6-7-14(12-22(26)13-23)16(24)20-15(18(2,3)4)17(25)21-10-8-19-9-11-21/h13-15,19,26H,5-12H2,1-4H3,(H,20,24)/t14?,15-/m1/s1. The molecule has 3 N–H and O–H groups in total. The number of rotatable bonds is 9. The second-order valence-corrected chi connectivity index (χ2v) is 7.95. The van der Waals surface area contributed by atoms with Crippen LogP contribution in [0.5, 0.6) is 0 Å². The molecular weight excluding hydrogens is 336 g/mol. The summed E-state index contributed by atoms with van der Waals surface area (Å²) in [6.07, 6.45) is 2.54. The Hall–Kier alpha value is -1.67. The maximum atomic E-state index is 13.0. The molecule has 1 heterocycles. The van der Waals surface area contributed by atoms with Crippen molar-refractivity contribution in [2.24, 2.45) is 11.3 Å². The Bertz CT molecular complexity index is 472. The van der Waals surface area contributed by atoms with Gasteiger partial charge in [0.15, 0.2) is 0 Å². The molecule has 0 aliphatic carbocycles. The van der Waals surface area contributed by atoms with Crippen molar-refractivity contribution in [1.29, 1.82) is 0 Å². The molecule has 0 spiro atoms. The van der Waals surface area contributed by atoms with Crippen LogP contribution in [0.4, 0.5) is 0 Å². The number of carbonyl (C=O) groups excluding carboxylic acids is 3. The zero-order chi connectivity index (χ0) is 19.7. The van der Waals surface area contributed by atoms with Crippen LogP contribution >= 0.6 is 0 Å². The molecular formula is C18H34N4O4. The van der Waals surface area contributed by atoms with Gasteiger partial charge in [-0.3, -0.25) is 19.6 Å². The number of amides is 3. The van der Waals surface area contributed by atoms with Crippen LogP contribution < -0.4 is 10.6 Å². The van der Waals surface area contributed by atoms with Gasteiger partial charge in [-0.25, -0.2) is 5.06 Å². The van der Waals surface area contributed by atoms with Crippen molar-refractivity contribution in [3.05, 3.63) is 0 Å². The summed E-state index contributed by atoms with van der Waals surface area (Å²) in [6.45, 7) is 10.4. The van der Waals surface area contributed by atoms with Crippen LogP contribution in [-0.4, -0.2) is 72.2 Å². The summed E-state index contributed by atoms with van der Waals surface area (Å²) in [7, 11) is 0. The van der Waals surface area contributed by atoms with Crippen LogP contribution in [0.2, 0.25) is 0 Å². The summed E-state index contributed by atoms with van der Waals surface area (Å²) in [5.74, 6) is -0.939. The monoisotopic (exact) mass is 370 g/mol. The Morgan fingerprint density at radius 2 is 1.92 bits per heavy atom. The third kappa shape index (κ3) is 6.92. The van der Waals surface area contributed by atoms with E-state index in [1.807, 2.05) is 27.7 Å². The van der Waals surface area contributed by atoms with Gasteiger partial charge in [-0.15, -0.1) is 0 Å². The van der Waals surface area contributed by atoms with Gasteiger partial charge in [0, 0.05) is 26.2 Å². The second-order valence-electron chi connectivity index (χ2n) is 7.95. The molecule has 26 heavy (non-hydrogen) atoms. The van der Waals surface area contributed by atoms with Gasteiger partial charge in [0.05, 0.1) is 12.5 Å². The summed E-state index contributed by atoms with van der Waals surface area (Å²) in [5, 5.41) is 16.1. The lowest BCUT2D eigenvalue weighted by Crippen LogP contribution is -2.59. The minimum atomic E-state index is -0.652. The topological polar surface area (TPSA) is 102 Å². The summed E-state index contributed by atoms with van der Waals surface area (Å²) >= 11 is 0. The Labute approximate surface area is 156 Å². The van der Waals surface area contributed by atoms with Crippen LogP contribution in [0.3, 0.4) is 0 Å². The Balaban J connectivity index is 2.87. The molecule has 150 valence electrons. The minimum Gasteiger partial charge on any atom is -0.344 e. The van der Waals surface area contributed by atoms with Crippen molar-refractivity contribution >= 4 is 18.2 Å². The molecule has 0 aromatic carbocycles. The molecule has 0 saturated carbocycles. The molecule has 0 radical (unpaired) electrons. The lowest BCUT2D eigenvalue weighted by atomic mass is 9.85. The van der Waals surface area contributed by atoms with E-state index >= 15 is 0 Å². The third-order valence-corrected chi connectivity index (χ3v) is 4.63. The number of hydroxylamine groups is 2. The average molecular weight is 370 g/mol. The molecule has 0 aromatic heterocycles. The van der Waals surface area contributed by atoms with Crippen molar-refractivity contribution in [2.45, 2.75) is 53.0 Å². The van der Waals surface area contributed by atoms with E-state index in [0.717, 1.165) is 25.9 Å². The summed E-state index contributed by atoms with van der Waals surface area (Å²) in [5.41, 5.74) is -0.448. The summed E-state index contributed by atoms with van der Waals surface area (Å²) in [6, 6.07) is -0.652. The van der Waals surface area contributed by atoms with E-state index in [1.165, 1.54) is 0 Å². The molecule has 1 saturated heterocycles. The smallest absolute Gasteiger partial charge is 0.245 e. The quantitative estimate of drug-likeness (QED) is 0.313. The highest BCUT2D eigenvalue weighted by Crippen LogP contribution is 2.22. The maximum absolute atomic E-state index is 13.0. The number of carbonyl (C=O) groups is 3. The molecule has 2 atom stereocenters. The highest BCUT2D eigenvalue weighted by molar-refractivity contribution is 5.89. The van der Waals surface area contributed by atoms with E-state index in [-0.39, 0.29) is 18.4 Å². The predicted molar refractivity (Wildman–Crippen MR) is 98.4 cm³/mol. The average Bonchev–Trinajstić information content (AvgIpc) is 2.61. The molecule has 1 aliphatic heterocycles. The fraction of sp³-hybridized carbons (Fsp3) is 0.833. The third-order valence-electron chi connectivity index (χ3n) is 4.63. The second kappa shape index (κ2) is 10.5. The van der Waals surface area contributed by atoms with Gasteiger partial charge >= 0.3 is 0 Å². The van der Waals surface area contributed by atoms with Gasteiger partial charge in [0.25, 0.3) is 0 Å². The van der Waals surface area contributed by atoms with E-state index in [2.05, 4.69) is 10.6 Å². The van der Waals surface area contributed by atoms with Gasteiger partial charge in [-0.05, 0) is 11.8 Å². The van der Waals surface area contributed by atoms with Gasteiger partial charge in [-0.1, -0.05) is 40.5 Å².